The molecule has 0 heterocycles. The Bertz CT molecular complexity index is 1410. The van der Waals surface area contributed by atoms with E-state index in [9.17, 15) is 34.1 Å². The zero-order chi connectivity index (χ0) is 45.6. The van der Waals surface area contributed by atoms with Crippen LogP contribution in [0.2, 0.25) is 0 Å². The van der Waals surface area contributed by atoms with E-state index in [0.717, 1.165) is 103 Å². The van der Waals surface area contributed by atoms with Crippen molar-refractivity contribution in [1.29, 1.82) is 0 Å². The van der Waals surface area contributed by atoms with E-state index < -0.39 is 57.6 Å². The number of esters is 1. The molecule has 0 aliphatic heterocycles. The molecular formula is C50H82NO10P. The van der Waals surface area contributed by atoms with E-state index in [1.807, 2.05) is 0 Å². The van der Waals surface area contributed by atoms with Gasteiger partial charge in [-0.05, 0) is 96.3 Å². The number of amides is 1. The van der Waals surface area contributed by atoms with Crippen molar-refractivity contribution in [2.45, 2.75) is 180 Å². The van der Waals surface area contributed by atoms with E-state index in [4.69, 9.17) is 13.8 Å². The number of aliphatic hydroxyl groups is 1. The lowest BCUT2D eigenvalue weighted by Gasteiger charge is -2.18. The topological polar surface area (TPSA) is 169 Å². The number of aliphatic carboxylic acids is 1. The van der Waals surface area contributed by atoms with Crippen molar-refractivity contribution < 1.29 is 47.8 Å². The summed E-state index contributed by atoms with van der Waals surface area (Å²) in [7, 11) is -4.78. The van der Waals surface area contributed by atoms with Crippen LogP contribution in [0.25, 0.3) is 0 Å². The number of allylic oxidation sites excluding steroid dienone is 16. The summed E-state index contributed by atoms with van der Waals surface area (Å²) < 4.78 is 26.8. The van der Waals surface area contributed by atoms with Crippen LogP contribution in [-0.4, -0.2) is 64.9 Å². The third-order valence-electron chi connectivity index (χ3n) is 9.36. The van der Waals surface area contributed by atoms with Crippen molar-refractivity contribution in [2.24, 2.45) is 0 Å². The summed E-state index contributed by atoms with van der Waals surface area (Å²) in [6.45, 7) is 2.39. The third-order valence-corrected chi connectivity index (χ3v) is 10.3. The molecule has 0 spiro atoms. The van der Waals surface area contributed by atoms with Gasteiger partial charge in [0, 0.05) is 12.8 Å². The van der Waals surface area contributed by atoms with Crippen LogP contribution in [0.1, 0.15) is 168 Å². The molecule has 0 aromatic carbocycles. The average Bonchev–Trinajstić information content (AvgIpc) is 3.25. The van der Waals surface area contributed by atoms with Gasteiger partial charge in [0.2, 0.25) is 5.91 Å². The molecule has 0 fully saturated rings. The van der Waals surface area contributed by atoms with Crippen molar-refractivity contribution in [3.63, 3.8) is 0 Å². The lowest BCUT2D eigenvalue weighted by atomic mass is 10.1. The van der Waals surface area contributed by atoms with E-state index in [-0.39, 0.29) is 12.8 Å². The Balaban J connectivity index is 3.98. The van der Waals surface area contributed by atoms with Crippen LogP contribution in [0, 0.1) is 0 Å². The molecule has 0 aliphatic carbocycles. The van der Waals surface area contributed by atoms with Gasteiger partial charge in [0.15, 0.2) is 6.04 Å². The maximum Gasteiger partial charge on any atom is 0.472 e. The molecule has 0 aromatic heterocycles. The number of unbranched alkanes of at least 4 members (excludes halogenated alkanes) is 12. The predicted molar refractivity (Wildman–Crippen MR) is 254 cm³/mol. The highest BCUT2D eigenvalue weighted by Gasteiger charge is 2.28. The van der Waals surface area contributed by atoms with Crippen LogP contribution in [0.15, 0.2) is 97.2 Å². The van der Waals surface area contributed by atoms with Crippen molar-refractivity contribution in [1.82, 2.24) is 5.32 Å². The van der Waals surface area contributed by atoms with Crippen LogP contribution >= 0.6 is 7.82 Å². The Morgan fingerprint density at radius 2 is 0.935 bits per heavy atom. The first-order valence-electron chi connectivity index (χ1n) is 23.3. The van der Waals surface area contributed by atoms with Gasteiger partial charge >= 0.3 is 19.8 Å². The van der Waals surface area contributed by atoms with Crippen LogP contribution in [0.4, 0.5) is 0 Å². The monoisotopic (exact) mass is 888 g/mol. The number of hydrogen-bond acceptors (Lipinski definition) is 8. The minimum atomic E-state index is -4.78. The van der Waals surface area contributed by atoms with E-state index in [0.29, 0.717) is 12.8 Å². The summed E-state index contributed by atoms with van der Waals surface area (Å²) in [5.41, 5.74) is 0. The Labute approximate surface area is 374 Å². The summed E-state index contributed by atoms with van der Waals surface area (Å²) in [5, 5.41) is 21.9. The number of carbonyl (C=O) groups is 3. The SMILES string of the molecule is CC/C=C\C/C=C\C/C=C\C/C=C\C/C=C\C/C=C\CCCCC(=O)OCC(O)COP(=O)(O)OCC(NC(=O)CCCCCCCCC/C=C\C/C=C\CCCCC)C(=O)O. The van der Waals surface area contributed by atoms with Crippen molar-refractivity contribution in [3.05, 3.63) is 97.2 Å². The quantitative estimate of drug-likeness (QED) is 0.0200. The maximum absolute atomic E-state index is 12.3. The second-order valence-corrected chi connectivity index (χ2v) is 16.7. The summed E-state index contributed by atoms with van der Waals surface area (Å²) in [5.74, 6) is -2.44. The van der Waals surface area contributed by atoms with Crippen LogP contribution < -0.4 is 5.32 Å². The molecule has 62 heavy (non-hydrogen) atoms. The van der Waals surface area contributed by atoms with Gasteiger partial charge in [-0.1, -0.05) is 156 Å². The summed E-state index contributed by atoms with van der Waals surface area (Å²) in [4.78, 5) is 46.0. The highest BCUT2D eigenvalue weighted by atomic mass is 31.2. The van der Waals surface area contributed by atoms with E-state index in [1.54, 1.807) is 0 Å². The number of carboxylic acid groups (broad SMARTS) is 1. The molecule has 0 rings (SSSR count). The molecule has 1 amide bonds. The first-order valence-corrected chi connectivity index (χ1v) is 24.8. The normalized spacial score (nSPS) is 14.5. The smallest absolute Gasteiger partial charge is 0.472 e. The molecule has 3 atom stereocenters. The first kappa shape index (κ1) is 58.4. The summed E-state index contributed by atoms with van der Waals surface area (Å²) in [6.07, 6.45) is 55.7. The number of carbonyl (C=O) groups excluding carboxylic acids is 2. The van der Waals surface area contributed by atoms with Crippen molar-refractivity contribution >= 4 is 25.7 Å². The largest absolute Gasteiger partial charge is 0.480 e. The van der Waals surface area contributed by atoms with Gasteiger partial charge in [-0.25, -0.2) is 9.36 Å². The van der Waals surface area contributed by atoms with Crippen LogP contribution in [-0.2, 0) is 32.7 Å². The molecular weight excluding hydrogens is 806 g/mol. The second-order valence-electron chi connectivity index (χ2n) is 15.2. The van der Waals surface area contributed by atoms with E-state index in [2.05, 4.69) is 116 Å². The zero-order valence-corrected chi connectivity index (χ0v) is 39.0. The number of carboxylic acids is 1. The lowest BCUT2D eigenvalue weighted by Crippen LogP contribution is -2.43. The summed E-state index contributed by atoms with van der Waals surface area (Å²) in [6, 6.07) is -1.56. The van der Waals surface area contributed by atoms with Crippen molar-refractivity contribution in [2.75, 3.05) is 19.8 Å². The van der Waals surface area contributed by atoms with Gasteiger partial charge in [0.05, 0.1) is 13.2 Å². The maximum atomic E-state index is 12.3. The number of phosphoric ester groups is 1. The minimum absolute atomic E-state index is 0.128. The van der Waals surface area contributed by atoms with Gasteiger partial charge in [0.25, 0.3) is 0 Å². The highest BCUT2D eigenvalue weighted by Crippen LogP contribution is 2.43. The predicted octanol–water partition coefficient (Wildman–Crippen LogP) is 12.4. The molecule has 11 nitrogen and oxygen atoms in total. The van der Waals surface area contributed by atoms with Gasteiger partial charge in [-0.15, -0.1) is 0 Å². The molecule has 0 aliphatic rings. The van der Waals surface area contributed by atoms with Gasteiger partial charge in [-0.3, -0.25) is 18.6 Å². The molecule has 0 aromatic rings. The highest BCUT2D eigenvalue weighted by molar-refractivity contribution is 7.47. The Kier molecular flexibility index (Phi) is 41.5. The molecule has 12 heteroatoms. The third kappa shape index (κ3) is 43.1. The molecule has 4 N–H and O–H groups in total. The minimum Gasteiger partial charge on any atom is -0.480 e. The Morgan fingerprint density at radius 3 is 1.42 bits per heavy atom. The zero-order valence-electron chi connectivity index (χ0n) is 38.1. The van der Waals surface area contributed by atoms with Gasteiger partial charge in [-0.2, -0.15) is 0 Å². The second kappa shape index (κ2) is 44.0. The number of aliphatic hydroxyl groups excluding tert-OH is 1. The number of rotatable bonds is 42. The standard InChI is InChI=1S/C50H82NO10P/c1-3-5-7-9-11-13-15-17-19-21-22-23-24-26-28-30-32-34-36-38-40-42-49(54)59-43-46(52)44-60-62(57,58)61-45-47(50(55)56)51-48(53)41-39-37-35-33-31-29-27-25-20-18-16-14-12-10-8-6-4-2/h5,7,11-14,17-20,22-23,26,28,32,34,46-47,52H,3-4,6,8-10,15-16,21,24-25,27,29-31,33,35-45H2,1-2H3,(H,51,53)(H,55,56)(H,57,58)/b7-5-,13-11-,14-12-,19-17-,20-18-,23-22-,28-26-,34-32-. The Morgan fingerprint density at radius 1 is 0.532 bits per heavy atom. The molecule has 0 bridgehead atoms. The molecule has 0 saturated heterocycles. The fourth-order valence-corrected chi connectivity index (χ4v) is 6.53. The number of phosphoric acid groups is 1. The van der Waals surface area contributed by atoms with Crippen LogP contribution in [0.5, 0.6) is 0 Å². The molecule has 352 valence electrons. The average molecular weight is 888 g/mol. The van der Waals surface area contributed by atoms with E-state index in [1.165, 1.54) is 25.7 Å². The van der Waals surface area contributed by atoms with Crippen LogP contribution in [0.3, 0.4) is 0 Å². The summed E-state index contributed by atoms with van der Waals surface area (Å²) >= 11 is 0. The van der Waals surface area contributed by atoms with Gasteiger partial charge in [0.1, 0.15) is 12.7 Å². The van der Waals surface area contributed by atoms with Crippen molar-refractivity contribution in [3.8, 4) is 0 Å². The number of ether oxygens (including phenoxy) is 1. The number of nitrogens with one attached hydrogen (secondary N) is 1. The fourth-order valence-electron chi connectivity index (χ4n) is 5.76. The Hall–Kier alpha value is -3.60. The molecule has 3 unspecified atom stereocenters. The molecule has 0 radical (unpaired) electrons. The number of hydrogen-bond donors (Lipinski definition) is 4. The lowest BCUT2D eigenvalue weighted by molar-refractivity contribution is -0.147. The fraction of sp³-hybridized carbons (Fsp3) is 0.620. The first-order chi connectivity index (χ1) is 30.1. The molecule has 0 saturated carbocycles. The van der Waals surface area contributed by atoms with E-state index >= 15 is 0 Å². The van der Waals surface area contributed by atoms with Gasteiger partial charge < -0.3 is 25.2 Å².